The standard InChI is InChI=1S/C17H19N5OS2/c1-12-5-7-14(8-6-12)18-16(23)13(2)25-17-19-20-21-22(17)10-9-15-4-3-11-24-15/h3-8,11,13H,9-10H2,1-2H3,(H,18,23)/t13-/m0/s1. The highest BCUT2D eigenvalue weighted by atomic mass is 32.2. The minimum absolute atomic E-state index is 0.0679. The van der Waals surface area contributed by atoms with Crippen molar-refractivity contribution in [2.45, 2.75) is 37.2 Å². The Bertz CT molecular complexity index is 814. The summed E-state index contributed by atoms with van der Waals surface area (Å²) in [4.78, 5) is 13.7. The van der Waals surface area contributed by atoms with Gasteiger partial charge >= 0.3 is 0 Å². The van der Waals surface area contributed by atoms with Gasteiger partial charge in [-0.15, -0.1) is 16.4 Å². The van der Waals surface area contributed by atoms with Gasteiger partial charge in [-0.2, -0.15) is 0 Å². The first-order valence-corrected chi connectivity index (χ1v) is 9.70. The molecule has 2 aromatic heterocycles. The highest BCUT2D eigenvalue weighted by molar-refractivity contribution is 8.00. The molecule has 0 saturated heterocycles. The Morgan fingerprint density at radius 2 is 2.12 bits per heavy atom. The molecule has 3 aromatic rings. The van der Waals surface area contributed by atoms with Gasteiger partial charge in [0.1, 0.15) is 0 Å². The number of benzene rings is 1. The maximum absolute atomic E-state index is 12.4. The summed E-state index contributed by atoms with van der Waals surface area (Å²) >= 11 is 3.08. The van der Waals surface area contributed by atoms with E-state index in [4.69, 9.17) is 0 Å². The molecule has 0 saturated carbocycles. The molecular formula is C17H19N5OS2. The van der Waals surface area contributed by atoms with Gasteiger partial charge in [0.15, 0.2) is 0 Å². The highest BCUT2D eigenvalue weighted by Gasteiger charge is 2.18. The summed E-state index contributed by atoms with van der Waals surface area (Å²) in [5.41, 5.74) is 1.95. The molecule has 0 aliphatic rings. The van der Waals surface area contributed by atoms with Crippen molar-refractivity contribution >= 4 is 34.7 Å². The van der Waals surface area contributed by atoms with Gasteiger partial charge in [0.25, 0.3) is 0 Å². The van der Waals surface area contributed by atoms with E-state index in [-0.39, 0.29) is 11.2 Å². The van der Waals surface area contributed by atoms with E-state index >= 15 is 0 Å². The van der Waals surface area contributed by atoms with Crippen molar-refractivity contribution in [3.05, 3.63) is 52.2 Å². The molecule has 0 aliphatic carbocycles. The number of rotatable bonds is 7. The maximum atomic E-state index is 12.4. The zero-order chi connectivity index (χ0) is 17.6. The summed E-state index contributed by atoms with van der Waals surface area (Å²) in [6, 6.07) is 11.9. The van der Waals surface area contributed by atoms with Gasteiger partial charge in [-0.3, -0.25) is 4.79 Å². The van der Waals surface area contributed by atoms with Gasteiger partial charge in [0, 0.05) is 17.0 Å². The van der Waals surface area contributed by atoms with Gasteiger partial charge in [0.05, 0.1) is 11.8 Å². The monoisotopic (exact) mass is 373 g/mol. The van der Waals surface area contributed by atoms with Crippen molar-refractivity contribution < 1.29 is 4.79 Å². The molecule has 0 radical (unpaired) electrons. The molecule has 0 aliphatic heterocycles. The molecule has 2 heterocycles. The molecule has 0 bridgehead atoms. The van der Waals surface area contributed by atoms with E-state index in [0.29, 0.717) is 11.7 Å². The van der Waals surface area contributed by atoms with E-state index in [1.54, 1.807) is 16.0 Å². The van der Waals surface area contributed by atoms with Gasteiger partial charge in [-0.1, -0.05) is 35.5 Å². The number of amides is 1. The van der Waals surface area contributed by atoms with Gasteiger partial charge < -0.3 is 5.32 Å². The van der Waals surface area contributed by atoms with Crippen molar-refractivity contribution in [3.63, 3.8) is 0 Å². The smallest absolute Gasteiger partial charge is 0.237 e. The number of hydrogen-bond donors (Lipinski definition) is 1. The number of aryl methyl sites for hydroxylation is 3. The SMILES string of the molecule is Cc1ccc(NC(=O)[C@H](C)Sc2nnnn2CCc2cccs2)cc1. The molecular weight excluding hydrogens is 354 g/mol. The Morgan fingerprint density at radius 3 is 2.84 bits per heavy atom. The number of aromatic nitrogens is 4. The van der Waals surface area contributed by atoms with E-state index in [2.05, 4.69) is 32.3 Å². The minimum atomic E-state index is -0.298. The van der Waals surface area contributed by atoms with Crippen LogP contribution in [0.25, 0.3) is 0 Å². The average molecular weight is 374 g/mol. The average Bonchev–Trinajstić information content (AvgIpc) is 3.26. The van der Waals surface area contributed by atoms with E-state index in [9.17, 15) is 4.79 Å². The third kappa shape index (κ3) is 4.90. The Kier molecular flexibility index (Phi) is 5.83. The van der Waals surface area contributed by atoms with Crippen molar-refractivity contribution in [3.8, 4) is 0 Å². The molecule has 1 N–H and O–H groups in total. The van der Waals surface area contributed by atoms with E-state index in [1.165, 1.54) is 16.6 Å². The summed E-state index contributed by atoms with van der Waals surface area (Å²) < 4.78 is 1.75. The third-order valence-electron chi connectivity index (χ3n) is 3.62. The lowest BCUT2D eigenvalue weighted by molar-refractivity contribution is -0.115. The molecule has 25 heavy (non-hydrogen) atoms. The summed E-state index contributed by atoms with van der Waals surface area (Å²) in [7, 11) is 0. The Balaban J connectivity index is 1.57. The van der Waals surface area contributed by atoms with Crippen LogP contribution in [-0.4, -0.2) is 31.4 Å². The number of thiophene rings is 1. The van der Waals surface area contributed by atoms with Crippen molar-refractivity contribution in [1.82, 2.24) is 20.2 Å². The Labute approximate surface area is 154 Å². The first kappa shape index (κ1) is 17.6. The fourth-order valence-corrected chi connectivity index (χ4v) is 3.70. The van der Waals surface area contributed by atoms with Gasteiger partial charge in [-0.05, 0) is 47.9 Å². The van der Waals surface area contributed by atoms with E-state index in [1.807, 2.05) is 44.2 Å². The fourth-order valence-electron chi connectivity index (χ4n) is 2.18. The van der Waals surface area contributed by atoms with Crippen LogP contribution in [-0.2, 0) is 17.8 Å². The molecule has 0 unspecified atom stereocenters. The first-order valence-electron chi connectivity index (χ1n) is 7.94. The molecule has 8 heteroatoms. The lowest BCUT2D eigenvalue weighted by atomic mass is 10.2. The zero-order valence-electron chi connectivity index (χ0n) is 14.0. The number of thioether (sulfide) groups is 1. The molecule has 1 amide bonds. The number of carbonyl (C=O) groups is 1. The van der Waals surface area contributed by atoms with Crippen LogP contribution in [0.15, 0.2) is 46.9 Å². The lowest BCUT2D eigenvalue weighted by Crippen LogP contribution is -2.23. The second-order valence-corrected chi connectivity index (χ2v) is 7.97. The number of nitrogens with zero attached hydrogens (tertiary/aromatic N) is 4. The van der Waals surface area contributed by atoms with Crippen LogP contribution in [0.1, 0.15) is 17.4 Å². The summed E-state index contributed by atoms with van der Waals surface area (Å²) in [5, 5.41) is 17.2. The van der Waals surface area contributed by atoms with Crippen molar-refractivity contribution in [2.75, 3.05) is 5.32 Å². The molecule has 1 aromatic carbocycles. The second kappa shape index (κ2) is 8.26. The third-order valence-corrected chi connectivity index (χ3v) is 5.63. The normalized spacial score (nSPS) is 12.1. The van der Waals surface area contributed by atoms with E-state index in [0.717, 1.165) is 17.7 Å². The predicted molar refractivity (Wildman–Crippen MR) is 101 cm³/mol. The van der Waals surface area contributed by atoms with Crippen LogP contribution in [0.4, 0.5) is 5.69 Å². The van der Waals surface area contributed by atoms with Crippen molar-refractivity contribution in [2.24, 2.45) is 0 Å². The summed E-state index contributed by atoms with van der Waals surface area (Å²) in [6.07, 6.45) is 0.875. The van der Waals surface area contributed by atoms with Crippen LogP contribution in [0.3, 0.4) is 0 Å². The van der Waals surface area contributed by atoms with Crippen LogP contribution < -0.4 is 5.32 Å². The molecule has 1 atom stereocenters. The van der Waals surface area contributed by atoms with Crippen LogP contribution >= 0.6 is 23.1 Å². The number of anilines is 1. The van der Waals surface area contributed by atoms with E-state index < -0.39 is 0 Å². The zero-order valence-corrected chi connectivity index (χ0v) is 15.7. The van der Waals surface area contributed by atoms with Crippen LogP contribution in [0, 0.1) is 6.92 Å². The Hall–Kier alpha value is -2.19. The minimum Gasteiger partial charge on any atom is -0.325 e. The topological polar surface area (TPSA) is 72.7 Å². The summed E-state index contributed by atoms with van der Waals surface area (Å²) in [6.45, 7) is 4.56. The largest absolute Gasteiger partial charge is 0.325 e. The molecule has 6 nitrogen and oxygen atoms in total. The molecule has 130 valence electrons. The lowest BCUT2D eigenvalue weighted by Gasteiger charge is -2.11. The van der Waals surface area contributed by atoms with Crippen LogP contribution in [0.5, 0.6) is 0 Å². The number of nitrogens with one attached hydrogen (secondary N) is 1. The molecule has 0 spiro atoms. The molecule has 0 fully saturated rings. The number of carbonyl (C=O) groups excluding carboxylic acids is 1. The quantitative estimate of drug-likeness (QED) is 0.643. The number of tetrazole rings is 1. The second-order valence-electron chi connectivity index (χ2n) is 5.63. The predicted octanol–water partition coefficient (Wildman–Crippen LogP) is 3.41. The van der Waals surface area contributed by atoms with Gasteiger partial charge in [-0.25, -0.2) is 4.68 Å². The molecule has 3 rings (SSSR count). The van der Waals surface area contributed by atoms with Gasteiger partial charge in [0.2, 0.25) is 11.1 Å². The van der Waals surface area contributed by atoms with Crippen molar-refractivity contribution in [1.29, 1.82) is 0 Å². The van der Waals surface area contributed by atoms with Crippen LogP contribution in [0.2, 0.25) is 0 Å². The fraction of sp³-hybridized carbons (Fsp3) is 0.294. The summed E-state index contributed by atoms with van der Waals surface area (Å²) in [5.74, 6) is -0.0679. The maximum Gasteiger partial charge on any atom is 0.237 e. The highest BCUT2D eigenvalue weighted by Crippen LogP contribution is 2.22. The Morgan fingerprint density at radius 1 is 1.32 bits per heavy atom. The first-order chi connectivity index (χ1) is 12.1. The number of hydrogen-bond acceptors (Lipinski definition) is 6.